The van der Waals surface area contributed by atoms with E-state index in [2.05, 4.69) is 10.1 Å². The molecular weight excluding hydrogens is 285 g/mol. The Bertz CT molecular complexity index is 612. The van der Waals surface area contributed by atoms with Crippen molar-refractivity contribution in [1.29, 1.82) is 0 Å². The molecule has 0 radical (unpaired) electrons. The first-order chi connectivity index (χ1) is 9.61. The molecule has 4 nitrogen and oxygen atoms in total. The Kier molecular flexibility index (Phi) is 4.76. The van der Waals surface area contributed by atoms with Crippen LogP contribution in [0.15, 0.2) is 34.7 Å². The number of hydrogen-bond acceptors (Lipinski definition) is 4. The second-order valence-corrected chi connectivity index (χ2v) is 4.48. The van der Waals surface area contributed by atoms with Crippen LogP contribution in [0.4, 0.5) is 4.39 Å². The van der Waals surface area contributed by atoms with Crippen molar-refractivity contribution < 1.29 is 18.3 Å². The molecule has 0 fully saturated rings. The molecule has 1 aromatic carbocycles. The predicted octanol–water partition coefficient (Wildman–Crippen LogP) is 3.15. The van der Waals surface area contributed by atoms with Gasteiger partial charge < -0.3 is 14.5 Å². The smallest absolute Gasteiger partial charge is 0.373 e. The Labute approximate surface area is 120 Å². The largest absolute Gasteiger partial charge is 0.463 e. The summed E-state index contributed by atoms with van der Waals surface area (Å²) in [5.41, 5.74) is 0.470. The molecule has 0 spiro atoms. The summed E-state index contributed by atoms with van der Waals surface area (Å²) in [6.07, 6.45) is 0. The van der Waals surface area contributed by atoms with Gasteiger partial charge in [-0.15, -0.1) is 0 Å². The standard InChI is InChI=1S/C14H13ClFNO3/c1-19-14(18)12-6-5-10(20-12)8-17-7-9-3-2-4-11(15)13(9)16/h2-6,17H,7-8H2,1H3. The number of benzene rings is 1. The molecule has 0 saturated heterocycles. The zero-order chi connectivity index (χ0) is 14.5. The summed E-state index contributed by atoms with van der Waals surface area (Å²) in [6, 6.07) is 8.02. The number of halogens is 2. The quantitative estimate of drug-likeness (QED) is 0.861. The molecule has 1 aromatic heterocycles. The number of carbonyl (C=O) groups is 1. The first-order valence-corrected chi connectivity index (χ1v) is 6.30. The number of furan rings is 1. The topological polar surface area (TPSA) is 51.5 Å². The molecule has 2 aromatic rings. The fourth-order valence-electron chi connectivity index (χ4n) is 1.69. The van der Waals surface area contributed by atoms with Crippen molar-refractivity contribution in [2.75, 3.05) is 7.11 Å². The molecule has 0 bridgehead atoms. The molecule has 0 atom stereocenters. The first-order valence-electron chi connectivity index (χ1n) is 5.92. The number of carbonyl (C=O) groups excluding carboxylic acids is 1. The Hall–Kier alpha value is -1.85. The fourth-order valence-corrected chi connectivity index (χ4v) is 1.88. The molecule has 0 aliphatic rings. The second-order valence-electron chi connectivity index (χ2n) is 4.07. The summed E-state index contributed by atoms with van der Waals surface area (Å²) in [6.45, 7) is 0.670. The lowest BCUT2D eigenvalue weighted by Crippen LogP contribution is -2.13. The molecule has 0 amide bonds. The summed E-state index contributed by atoms with van der Waals surface area (Å²) in [7, 11) is 1.28. The second kappa shape index (κ2) is 6.54. The highest BCUT2D eigenvalue weighted by Crippen LogP contribution is 2.17. The van der Waals surface area contributed by atoms with Crippen molar-refractivity contribution in [2.45, 2.75) is 13.1 Å². The predicted molar refractivity (Wildman–Crippen MR) is 72.0 cm³/mol. The lowest BCUT2D eigenvalue weighted by Gasteiger charge is -2.05. The van der Waals surface area contributed by atoms with Crippen LogP contribution in [0.25, 0.3) is 0 Å². The zero-order valence-corrected chi connectivity index (χ0v) is 11.5. The van der Waals surface area contributed by atoms with E-state index in [0.717, 1.165) is 0 Å². The number of ether oxygens (including phenoxy) is 1. The van der Waals surface area contributed by atoms with Gasteiger partial charge in [-0.2, -0.15) is 0 Å². The highest BCUT2D eigenvalue weighted by atomic mass is 35.5. The van der Waals surface area contributed by atoms with E-state index < -0.39 is 11.8 Å². The SMILES string of the molecule is COC(=O)c1ccc(CNCc2cccc(Cl)c2F)o1. The Morgan fingerprint density at radius 3 is 2.90 bits per heavy atom. The lowest BCUT2D eigenvalue weighted by atomic mass is 10.2. The van der Waals surface area contributed by atoms with Gasteiger partial charge in [0, 0.05) is 12.1 Å². The average Bonchev–Trinajstić information content (AvgIpc) is 2.91. The molecule has 20 heavy (non-hydrogen) atoms. The summed E-state index contributed by atoms with van der Waals surface area (Å²) < 4.78 is 23.4. The van der Waals surface area contributed by atoms with Gasteiger partial charge in [0.05, 0.1) is 18.7 Å². The van der Waals surface area contributed by atoms with Crippen LogP contribution in [-0.4, -0.2) is 13.1 Å². The minimum Gasteiger partial charge on any atom is -0.463 e. The van der Waals surface area contributed by atoms with Gasteiger partial charge in [0.2, 0.25) is 5.76 Å². The van der Waals surface area contributed by atoms with E-state index in [9.17, 15) is 9.18 Å². The first kappa shape index (κ1) is 14.6. The Morgan fingerprint density at radius 2 is 2.15 bits per heavy atom. The summed E-state index contributed by atoms with van der Waals surface area (Å²) in [5, 5.41) is 3.10. The van der Waals surface area contributed by atoms with Crippen LogP contribution in [0.2, 0.25) is 5.02 Å². The monoisotopic (exact) mass is 297 g/mol. The Balaban J connectivity index is 1.91. The van der Waals surface area contributed by atoms with E-state index in [1.54, 1.807) is 18.2 Å². The van der Waals surface area contributed by atoms with Gasteiger partial charge in [0.15, 0.2) is 0 Å². The van der Waals surface area contributed by atoms with E-state index in [0.29, 0.717) is 24.4 Å². The maximum atomic E-state index is 13.6. The Morgan fingerprint density at radius 1 is 1.35 bits per heavy atom. The van der Waals surface area contributed by atoms with Gasteiger partial charge in [-0.05, 0) is 18.2 Å². The van der Waals surface area contributed by atoms with Gasteiger partial charge in [0.25, 0.3) is 0 Å². The molecule has 1 heterocycles. The molecule has 0 aliphatic heterocycles. The van der Waals surface area contributed by atoms with Crippen molar-refractivity contribution in [2.24, 2.45) is 0 Å². The summed E-state index contributed by atoms with van der Waals surface area (Å²) >= 11 is 5.69. The van der Waals surface area contributed by atoms with Crippen LogP contribution >= 0.6 is 11.6 Å². The van der Waals surface area contributed by atoms with E-state index in [4.69, 9.17) is 16.0 Å². The number of nitrogens with one attached hydrogen (secondary N) is 1. The minimum atomic E-state index is -0.530. The van der Waals surface area contributed by atoms with Crippen LogP contribution < -0.4 is 5.32 Å². The van der Waals surface area contributed by atoms with Gasteiger partial charge in [-0.25, -0.2) is 9.18 Å². The minimum absolute atomic E-state index is 0.0928. The van der Waals surface area contributed by atoms with Crippen LogP contribution in [0.1, 0.15) is 21.9 Å². The maximum Gasteiger partial charge on any atom is 0.373 e. The highest BCUT2D eigenvalue weighted by Gasteiger charge is 2.11. The molecule has 106 valence electrons. The van der Waals surface area contributed by atoms with Gasteiger partial charge in [-0.1, -0.05) is 23.7 Å². The number of hydrogen-bond donors (Lipinski definition) is 1. The van der Waals surface area contributed by atoms with Crippen molar-refractivity contribution in [3.8, 4) is 0 Å². The molecule has 1 N–H and O–H groups in total. The molecule has 0 aliphatic carbocycles. The van der Waals surface area contributed by atoms with E-state index in [1.165, 1.54) is 19.2 Å². The highest BCUT2D eigenvalue weighted by molar-refractivity contribution is 6.30. The van der Waals surface area contributed by atoms with E-state index in [1.807, 2.05) is 0 Å². The number of rotatable bonds is 5. The van der Waals surface area contributed by atoms with Crippen LogP contribution in [0, 0.1) is 5.82 Å². The average molecular weight is 298 g/mol. The zero-order valence-electron chi connectivity index (χ0n) is 10.8. The number of methoxy groups -OCH3 is 1. The van der Waals surface area contributed by atoms with Crippen LogP contribution in [-0.2, 0) is 17.8 Å². The molecule has 0 unspecified atom stereocenters. The summed E-state index contributed by atoms with van der Waals surface area (Å²) in [4.78, 5) is 11.2. The van der Waals surface area contributed by atoms with Crippen LogP contribution in [0.3, 0.4) is 0 Å². The van der Waals surface area contributed by atoms with E-state index >= 15 is 0 Å². The molecule has 6 heteroatoms. The normalized spacial score (nSPS) is 10.6. The van der Waals surface area contributed by atoms with Gasteiger partial charge in [-0.3, -0.25) is 0 Å². The molecule has 0 saturated carbocycles. The molecular formula is C14H13ClFNO3. The van der Waals surface area contributed by atoms with E-state index in [-0.39, 0.29) is 10.8 Å². The van der Waals surface area contributed by atoms with Crippen LogP contribution in [0.5, 0.6) is 0 Å². The third-order valence-electron chi connectivity index (χ3n) is 2.69. The third kappa shape index (κ3) is 3.37. The maximum absolute atomic E-state index is 13.6. The lowest BCUT2D eigenvalue weighted by molar-refractivity contribution is 0.0563. The van der Waals surface area contributed by atoms with Crippen molar-refractivity contribution in [1.82, 2.24) is 5.32 Å². The number of esters is 1. The summed E-state index contributed by atoms with van der Waals surface area (Å²) in [5.74, 6) is -0.264. The van der Waals surface area contributed by atoms with Gasteiger partial charge in [0.1, 0.15) is 11.6 Å². The van der Waals surface area contributed by atoms with Gasteiger partial charge >= 0.3 is 5.97 Å². The van der Waals surface area contributed by atoms with Crippen molar-refractivity contribution >= 4 is 17.6 Å². The molecule has 2 rings (SSSR count). The fraction of sp³-hybridized carbons (Fsp3) is 0.214. The van der Waals surface area contributed by atoms with Crippen molar-refractivity contribution in [3.05, 3.63) is 58.3 Å². The van der Waals surface area contributed by atoms with Crippen molar-refractivity contribution in [3.63, 3.8) is 0 Å². The third-order valence-corrected chi connectivity index (χ3v) is 2.99.